The molecule has 190 valence electrons. The third-order valence-electron chi connectivity index (χ3n) is 7.14. The molecular formula is C26H30FN5O4. The number of carbonyl (C=O) groups excluding carboxylic acids is 3. The number of aryl methyl sites for hydroxylation is 1. The lowest BCUT2D eigenvalue weighted by Crippen LogP contribution is -2.52. The first kappa shape index (κ1) is 24.1. The zero-order chi connectivity index (χ0) is 25.4. The van der Waals surface area contributed by atoms with Gasteiger partial charge in [-0.1, -0.05) is 0 Å². The standard InChI is InChI=1S/C26H30FN5O4/c1-15-22(14-20-19-13-17(27)3-4-21(19)30-24(20)33)28-16(2)23(15)25(34)29-18-5-7-31(8-6-18)26(35)32-9-11-36-12-10-32/h3-4,13-14,18,28H,5-12H2,1-2H3,(H,29,34)(H,30,33)/b20-14-. The van der Waals surface area contributed by atoms with E-state index in [-0.39, 0.29) is 23.9 Å². The maximum Gasteiger partial charge on any atom is 0.320 e. The van der Waals surface area contributed by atoms with Crippen LogP contribution in [0.25, 0.3) is 11.6 Å². The second-order valence-corrected chi connectivity index (χ2v) is 9.48. The number of nitrogens with one attached hydrogen (secondary N) is 3. The lowest BCUT2D eigenvalue weighted by molar-refractivity contribution is -0.110. The number of likely N-dealkylation sites (tertiary alicyclic amines) is 1. The molecule has 3 aliphatic rings. The van der Waals surface area contributed by atoms with E-state index in [2.05, 4.69) is 15.6 Å². The van der Waals surface area contributed by atoms with Crippen LogP contribution >= 0.6 is 0 Å². The van der Waals surface area contributed by atoms with Gasteiger partial charge in [0, 0.05) is 54.9 Å². The molecule has 5 rings (SSSR count). The van der Waals surface area contributed by atoms with Gasteiger partial charge in [-0.3, -0.25) is 9.59 Å². The summed E-state index contributed by atoms with van der Waals surface area (Å²) >= 11 is 0. The summed E-state index contributed by atoms with van der Waals surface area (Å²) in [4.78, 5) is 45.3. The molecular weight excluding hydrogens is 465 g/mol. The number of H-pyrrole nitrogens is 1. The first-order valence-corrected chi connectivity index (χ1v) is 12.3. The summed E-state index contributed by atoms with van der Waals surface area (Å²) in [7, 11) is 0. The lowest BCUT2D eigenvalue weighted by Gasteiger charge is -2.37. The molecule has 1 aromatic heterocycles. The van der Waals surface area contributed by atoms with E-state index in [9.17, 15) is 18.8 Å². The number of morpholine rings is 1. The van der Waals surface area contributed by atoms with E-state index in [0.717, 1.165) is 5.56 Å². The van der Waals surface area contributed by atoms with Gasteiger partial charge in [0.15, 0.2) is 0 Å². The molecule has 4 amide bonds. The van der Waals surface area contributed by atoms with Crippen LogP contribution < -0.4 is 10.6 Å². The van der Waals surface area contributed by atoms with Crippen LogP contribution in [0.2, 0.25) is 0 Å². The number of aromatic amines is 1. The number of ether oxygens (including phenoxy) is 1. The van der Waals surface area contributed by atoms with Gasteiger partial charge in [0.25, 0.3) is 11.8 Å². The van der Waals surface area contributed by atoms with Gasteiger partial charge in [0.05, 0.1) is 24.4 Å². The van der Waals surface area contributed by atoms with Gasteiger partial charge in [-0.15, -0.1) is 0 Å². The van der Waals surface area contributed by atoms with Crippen molar-refractivity contribution in [2.75, 3.05) is 44.7 Å². The highest BCUT2D eigenvalue weighted by Crippen LogP contribution is 2.34. The van der Waals surface area contributed by atoms with Crippen LogP contribution in [0.1, 0.15) is 45.7 Å². The van der Waals surface area contributed by atoms with Crippen molar-refractivity contribution in [3.8, 4) is 0 Å². The van der Waals surface area contributed by atoms with Gasteiger partial charge in [-0.2, -0.15) is 0 Å². The summed E-state index contributed by atoms with van der Waals surface area (Å²) in [6.07, 6.45) is 3.03. The van der Waals surface area contributed by atoms with E-state index in [0.29, 0.717) is 86.0 Å². The predicted octanol–water partition coefficient (Wildman–Crippen LogP) is 2.91. The van der Waals surface area contributed by atoms with Crippen molar-refractivity contribution < 1.29 is 23.5 Å². The number of hydrogen-bond donors (Lipinski definition) is 3. The number of halogens is 1. The maximum atomic E-state index is 13.8. The van der Waals surface area contributed by atoms with Gasteiger partial charge in [0.2, 0.25) is 0 Å². The average Bonchev–Trinajstić information content (AvgIpc) is 3.33. The van der Waals surface area contributed by atoms with Gasteiger partial charge in [0.1, 0.15) is 5.82 Å². The fraction of sp³-hybridized carbons (Fsp3) is 0.423. The van der Waals surface area contributed by atoms with Crippen LogP contribution in [-0.2, 0) is 9.53 Å². The van der Waals surface area contributed by atoms with E-state index in [4.69, 9.17) is 4.74 Å². The molecule has 0 spiro atoms. The zero-order valence-corrected chi connectivity index (χ0v) is 20.4. The Morgan fingerprint density at radius 3 is 2.53 bits per heavy atom. The van der Waals surface area contributed by atoms with E-state index in [1.54, 1.807) is 6.08 Å². The van der Waals surface area contributed by atoms with Crippen molar-refractivity contribution in [3.05, 3.63) is 52.1 Å². The van der Waals surface area contributed by atoms with Crippen molar-refractivity contribution in [2.45, 2.75) is 32.7 Å². The van der Waals surface area contributed by atoms with Gasteiger partial charge in [-0.25, -0.2) is 9.18 Å². The number of anilines is 1. The molecule has 0 saturated carbocycles. The van der Waals surface area contributed by atoms with Gasteiger partial charge >= 0.3 is 6.03 Å². The molecule has 2 aromatic rings. The molecule has 36 heavy (non-hydrogen) atoms. The number of urea groups is 1. The Morgan fingerprint density at radius 2 is 1.81 bits per heavy atom. The smallest absolute Gasteiger partial charge is 0.320 e. The van der Waals surface area contributed by atoms with E-state index in [1.807, 2.05) is 23.6 Å². The largest absolute Gasteiger partial charge is 0.378 e. The minimum atomic E-state index is -0.423. The molecule has 3 aliphatic heterocycles. The summed E-state index contributed by atoms with van der Waals surface area (Å²) in [5, 5.41) is 5.86. The van der Waals surface area contributed by atoms with Crippen LogP contribution in [0.3, 0.4) is 0 Å². The fourth-order valence-electron chi connectivity index (χ4n) is 5.13. The summed E-state index contributed by atoms with van der Waals surface area (Å²) in [5.41, 5.74) is 3.97. The summed E-state index contributed by atoms with van der Waals surface area (Å²) in [5.74, 6) is -0.925. The monoisotopic (exact) mass is 495 g/mol. The van der Waals surface area contributed by atoms with Crippen molar-refractivity contribution in [2.24, 2.45) is 0 Å². The number of fused-ring (bicyclic) bond motifs is 1. The number of carbonyl (C=O) groups is 3. The molecule has 4 heterocycles. The molecule has 2 fully saturated rings. The number of benzene rings is 1. The Labute approximate surface area is 208 Å². The fourth-order valence-corrected chi connectivity index (χ4v) is 5.13. The Kier molecular flexibility index (Phi) is 6.53. The second kappa shape index (κ2) is 9.77. The third-order valence-corrected chi connectivity index (χ3v) is 7.14. The molecule has 1 aromatic carbocycles. The van der Waals surface area contributed by atoms with E-state index in [1.165, 1.54) is 18.2 Å². The molecule has 0 unspecified atom stereocenters. The molecule has 0 atom stereocenters. The lowest BCUT2D eigenvalue weighted by atomic mass is 10.0. The Morgan fingerprint density at radius 1 is 1.11 bits per heavy atom. The minimum absolute atomic E-state index is 0.0304. The van der Waals surface area contributed by atoms with Crippen molar-refractivity contribution in [3.63, 3.8) is 0 Å². The highest BCUT2D eigenvalue weighted by molar-refractivity contribution is 6.34. The van der Waals surface area contributed by atoms with Gasteiger partial charge in [-0.05, 0) is 56.5 Å². The molecule has 3 N–H and O–H groups in total. The van der Waals surface area contributed by atoms with Crippen LogP contribution in [0.4, 0.5) is 14.9 Å². The van der Waals surface area contributed by atoms with Crippen LogP contribution in [-0.4, -0.2) is 78.1 Å². The number of hydrogen-bond acceptors (Lipinski definition) is 4. The molecule has 0 bridgehead atoms. The first-order valence-electron chi connectivity index (χ1n) is 12.3. The molecule has 10 heteroatoms. The average molecular weight is 496 g/mol. The quantitative estimate of drug-likeness (QED) is 0.569. The Balaban J connectivity index is 1.25. The first-order chi connectivity index (χ1) is 17.3. The normalized spacial score (nSPS) is 19.4. The van der Waals surface area contributed by atoms with E-state index < -0.39 is 5.82 Å². The number of rotatable bonds is 3. The number of aromatic nitrogens is 1. The number of amides is 4. The van der Waals surface area contributed by atoms with Crippen LogP contribution in [0.15, 0.2) is 18.2 Å². The van der Waals surface area contributed by atoms with Crippen LogP contribution in [0.5, 0.6) is 0 Å². The molecule has 2 saturated heterocycles. The molecule has 0 radical (unpaired) electrons. The molecule has 0 aliphatic carbocycles. The SMILES string of the molecule is Cc1[nH]c(/C=C2\C(=O)Nc3ccc(F)cc32)c(C)c1C(=O)NC1CCN(C(=O)N2CCOCC2)CC1. The molecule has 9 nitrogen and oxygen atoms in total. The summed E-state index contributed by atoms with van der Waals surface area (Å²) in [6, 6.07) is 4.17. The highest BCUT2D eigenvalue weighted by atomic mass is 19.1. The third kappa shape index (κ3) is 4.60. The van der Waals surface area contributed by atoms with Gasteiger partial charge < -0.3 is 30.2 Å². The minimum Gasteiger partial charge on any atom is -0.378 e. The highest BCUT2D eigenvalue weighted by Gasteiger charge is 2.30. The number of nitrogens with zero attached hydrogens (tertiary/aromatic N) is 2. The number of piperidine rings is 1. The van der Waals surface area contributed by atoms with Crippen LogP contribution in [0, 0.1) is 19.7 Å². The summed E-state index contributed by atoms with van der Waals surface area (Å²) < 4.78 is 19.1. The Hall–Kier alpha value is -3.66. The topological polar surface area (TPSA) is 107 Å². The van der Waals surface area contributed by atoms with Crippen molar-refractivity contribution in [1.82, 2.24) is 20.1 Å². The predicted molar refractivity (Wildman–Crippen MR) is 133 cm³/mol. The van der Waals surface area contributed by atoms with Crippen molar-refractivity contribution in [1.29, 1.82) is 0 Å². The Bertz CT molecular complexity index is 1240. The zero-order valence-electron chi connectivity index (χ0n) is 20.4. The second-order valence-electron chi connectivity index (χ2n) is 9.48. The summed E-state index contributed by atoms with van der Waals surface area (Å²) in [6.45, 7) is 7.19. The van der Waals surface area contributed by atoms with Crippen molar-refractivity contribution >= 4 is 35.2 Å². The maximum absolute atomic E-state index is 13.8. The van der Waals surface area contributed by atoms with E-state index >= 15 is 0 Å².